The highest BCUT2D eigenvalue weighted by Gasteiger charge is 2.59. The van der Waals surface area contributed by atoms with Gasteiger partial charge in [-0.1, -0.05) is 18.2 Å². The number of halogens is 6. The van der Waals surface area contributed by atoms with E-state index in [4.69, 9.17) is 0 Å². The number of ether oxygens (including phenoxy) is 1. The molecule has 1 fully saturated rings. The standard InChI is InChI=1S/C25H23F6N3O4S2/c1-23(25(29,30)31,38-22(35)24(26,27)28)18-4-6-19(7-5-18)34-13-12-33(40(36,37)21-3-2-14-39-21)16-20(34)15-17-8-10-32-11-9-17/h2-11,14,20H,12-13,15-16H2,1H3/t20-,23-/m0/s1. The molecule has 0 N–H and O–H groups in total. The Hall–Kier alpha value is -3.17. The summed E-state index contributed by atoms with van der Waals surface area (Å²) in [6, 6.07) is 10.7. The van der Waals surface area contributed by atoms with E-state index in [1.54, 1.807) is 36.0 Å². The van der Waals surface area contributed by atoms with Crippen LogP contribution in [0, 0.1) is 0 Å². The molecule has 1 aliphatic rings. The van der Waals surface area contributed by atoms with Gasteiger partial charge in [0.2, 0.25) is 5.60 Å². The first-order valence-corrected chi connectivity index (χ1v) is 14.1. The van der Waals surface area contributed by atoms with Gasteiger partial charge in [0.25, 0.3) is 10.0 Å². The molecule has 216 valence electrons. The Morgan fingerprint density at radius 3 is 2.23 bits per heavy atom. The molecule has 2 atom stereocenters. The summed E-state index contributed by atoms with van der Waals surface area (Å²) in [6.45, 7) is 0.720. The minimum absolute atomic E-state index is 0.0772. The number of aromatic nitrogens is 1. The zero-order valence-electron chi connectivity index (χ0n) is 20.8. The van der Waals surface area contributed by atoms with Crippen molar-refractivity contribution in [3.8, 4) is 0 Å². The molecule has 3 heterocycles. The summed E-state index contributed by atoms with van der Waals surface area (Å²) in [5.41, 5.74) is -2.99. The van der Waals surface area contributed by atoms with Crippen LogP contribution < -0.4 is 4.90 Å². The Bertz CT molecular complexity index is 1420. The number of anilines is 1. The Kier molecular flexibility index (Phi) is 8.20. The predicted octanol–water partition coefficient (Wildman–Crippen LogP) is 5.15. The van der Waals surface area contributed by atoms with E-state index >= 15 is 0 Å². The highest BCUT2D eigenvalue weighted by Crippen LogP contribution is 2.44. The molecule has 0 amide bonds. The van der Waals surface area contributed by atoms with E-state index in [0.717, 1.165) is 29.0 Å². The van der Waals surface area contributed by atoms with E-state index < -0.39 is 45.6 Å². The number of thiophene rings is 1. The lowest BCUT2D eigenvalue weighted by atomic mass is 9.94. The molecule has 40 heavy (non-hydrogen) atoms. The molecule has 0 unspecified atom stereocenters. The van der Waals surface area contributed by atoms with E-state index in [9.17, 15) is 39.6 Å². The highest BCUT2D eigenvalue weighted by molar-refractivity contribution is 7.91. The van der Waals surface area contributed by atoms with Crippen molar-refractivity contribution >= 4 is 33.0 Å². The Morgan fingerprint density at radius 2 is 1.68 bits per heavy atom. The maximum Gasteiger partial charge on any atom is 0.490 e. The van der Waals surface area contributed by atoms with Gasteiger partial charge in [0, 0.05) is 49.3 Å². The first kappa shape index (κ1) is 29.8. The topological polar surface area (TPSA) is 79.8 Å². The fraction of sp³-hybridized carbons (Fsp3) is 0.360. The van der Waals surface area contributed by atoms with E-state index in [-0.39, 0.29) is 23.8 Å². The summed E-state index contributed by atoms with van der Waals surface area (Å²) in [5, 5.41) is 1.65. The molecule has 4 rings (SSSR count). The molecular formula is C25H23F6N3O4S2. The van der Waals surface area contributed by atoms with Crippen molar-refractivity contribution in [1.29, 1.82) is 0 Å². The molecule has 2 aromatic heterocycles. The lowest BCUT2D eigenvalue weighted by Gasteiger charge is -2.42. The van der Waals surface area contributed by atoms with Gasteiger partial charge in [0.15, 0.2) is 0 Å². The zero-order chi connectivity index (χ0) is 29.3. The van der Waals surface area contributed by atoms with Crippen molar-refractivity contribution in [2.75, 3.05) is 24.5 Å². The second kappa shape index (κ2) is 11.0. The number of carbonyl (C=O) groups is 1. The summed E-state index contributed by atoms with van der Waals surface area (Å²) in [5.74, 6) is -2.96. The summed E-state index contributed by atoms with van der Waals surface area (Å²) in [7, 11) is -3.77. The van der Waals surface area contributed by atoms with Gasteiger partial charge in [-0.25, -0.2) is 13.2 Å². The van der Waals surface area contributed by atoms with Crippen LogP contribution in [-0.4, -0.2) is 61.7 Å². The number of pyridine rings is 1. The fourth-order valence-electron chi connectivity index (χ4n) is 4.38. The molecule has 1 aromatic carbocycles. The van der Waals surface area contributed by atoms with E-state index in [0.29, 0.717) is 19.0 Å². The van der Waals surface area contributed by atoms with E-state index in [2.05, 4.69) is 9.72 Å². The third-order valence-corrected chi connectivity index (χ3v) is 9.81. The summed E-state index contributed by atoms with van der Waals surface area (Å²) >= 11 is 1.09. The van der Waals surface area contributed by atoms with Gasteiger partial charge in [-0.05, 0) is 54.6 Å². The summed E-state index contributed by atoms with van der Waals surface area (Å²) in [6.07, 6.45) is -7.42. The van der Waals surface area contributed by atoms with Gasteiger partial charge in [-0.3, -0.25) is 4.98 Å². The summed E-state index contributed by atoms with van der Waals surface area (Å²) in [4.78, 5) is 17.1. The average Bonchev–Trinajstić information content (AvgIpc) is 3.44. The van der Waals surface area contributed by atoms with Gasteiger partial charge < -0.3 is 9.64 Å². The van der Waals surface area contributed by atoms with E-state index in [1.165, 1.54) is 22.5 Å². The lowest BCUT2D eigenvalue weighted by molar-refractivity contribution is -0.285. The third-order valence-electron chi connectivity index (χ3n) is 6.57. The zero-order valence-corrected chi connectivity index (χ0v) is 22.4. The highest BCUT2D eigenvalue weighted by atomic mass is 32.2. The van der Waals surface area contributed by atoms with Crippen molar-refractivity contribution in [3.05, 3.63) is 77.4 Å². The first-order chi connectivity index (χ1) is 18.6. The maximum absolute atomic E-state index is 13.8. The minimum Gasteiger partial charge on any atom is -0.438 e. The normalized spacial score (nSPS) is 18.8. The molecule has 1 aliphatic heterocycles. The number of nitrogens with zero attached hydrogens (tertiary/aromatic N) is 3. The van der Waals surface area contributed by atoms with Crippen molar-refractivity contribution < 1.29 is 44.3 Å². The number of benzene rings is 1. The number of esters is 1. The monoisotopic (exact) mass is 607 g/mol. The van der Waals surface area contributed by atoms with Gasteiger partial charge in [-0.15, -0.1) is 11.3 Å². The molecule has 1 saturated heterocycles. The van der Waals surface area contributed by atoms with Crippen LogP contribution in [-0.2, 0) is 31.6 Å². The number of alkyl halides is 6. The van der Waals surface area contributed by atoms with Crippen LogP contribution in [0.1, 0.15) is 18.1 Å². The number of hydrogen-bond donors (Lipinski definition) is 0. The van der Waals surface area contributed by atoms with E-state index in [1.807, 2.05) is 4.90 Å². The van der Waals surface area contributed by atoms with Crippen LogP contribution in [0.25, 0.3) is 0 Å². The van der Waals surface area contributed by atoms with Crippen molar-refractivity contribution in [3.63, 3.8) is 0 Å². The van der Waals surface area contributed by atoms with Crippen LogP contribution in [0.4, 0.5) is 32.0 Å². The predicted molar refractivity (Wildman–Crippen MR) is 134 cm³/mol. The Labute approximate surface area is 230 Å². The van der Waals surface area contributed by atoms with Gasteiger partial charge >= 0.3 is 18.3 Å². The van der Waals surface area contributed by atoms with Gasteiger partial charge in [0.1, 0.15) is 4.21 Å². The largest absolute Gasteiger partial charge is 0.490 e. The Morgan fingerprint density at radius 1 is 1.02 bits per heavy atom. The smallest absolute Gasteiger partial charge is 0.438 e. The number of piperazine rings is 1. The lowest BCUT2D eigenvalue weighted by Crippen LogP contribution is -2.55. The van der Waals surface area contributed by atoms with Gasteiger partial charge in [0.05, 0.1) is 0 Å². The van der Waals surface area contributed by atoms with Gasteiger partial charge in [-0.2, -0.15) is 30.6 Å². The van der Waals surface area contributed by atoms with Crippen molar-refractivity contribution in [2.45, 2.75) is 41.5 Å². The SMILES string of the molecule is C[C@](OC(=O)C(F)(F)F)(c1ccc(N2CCN(S(=O)(=O)c3cccs3)C[C@@H]2Cc2ccncc2)cc1)C(F)(F)F. The molecule has 0 spiro atoms. The minimum atomic E-state index is -5.62. The van der Waals surface area contributed by atoms with Crippen LogP contribution >= 0.6 is 11.3 Å². The molecule has 15 heteroatoms. The molecule has 0 aliphatic carbocycles. The van der Waals surface area contributed by atoms with Crippen LogP contribution in [0.2, 0.25) is 0 Å². The molecule has 0 bridgehead atoms. The molecular weight excluding hydrogens is 584 g/mol. The van der Waals surface area contributed by atoms with Crippen LogP contribution in [0.15, 0.2) is 70.5 Å². The number of carbonyl (C=O) groups excluding carboxylic acids is 1. The number of rotatable bonds is 7. The van der Waals surface area contributed by atoms with Crippen LogP contribution in [0.5, 0.6) is 0 Å². The second-order valence-corrected chi connectivity index (χ2v) is 12.3. The van der Waals surface area contributed by atoms with Crippen LogP contribution in [0.3, 0.4) is 0 Å². The maximum atomic E-state index is 13.8. The first-order valence-electron chi connectivity index (χ1n) is 11.8. The molecule has 0 radical (unpaired) electrons. The van der Waals surface area contributed by atoms with Crippen molar-refractivity contribution in [1.82, 2.24) is 9.29 Å². The third kappa shape index (κ3) is 6.10. The number of hydrogen-bond acceptors (Lipinski definition) is 7. The average molecular weight is 608 g/mol. The summed E-state index contributed by atoms with van der Waals surface area (Å²) < 4.78 is 112. The van der Waals surface area contributed by atoms with Crippen molar-refractivity contribution in [2.24, 2.45) is 0 Å². The number of sulfonamides is 1. The fourth-order valence-corrected chi connectivity index (χ4v) is 7.00. The molecule has 3 aromatic rings. The Balaban J connectivity index is 1.64. The molecule has 7 nitrogen and oxygen atoms in total. The molecule has 0 saturated carbocycles. The quantitative estimate of drug-likeness (QED) is 0.273. The second-order valence-electron chi connectivity index (χ2n) is 9.17.